The molecule has 0 radical (unpaired) electrons. The molecule has 0 aromatic heterocycles. The monoisotopic (exact) mass is 184 g/mol. The molecule has 0 spiro atoms. The third kappa shape index (κ3) is 2.89. The van der Waals surface area contributed by atoms with E-state index in [1.807, 2.05) is 20.8 Å². The van der Waals surface area contributed by atoms with E-state index < -0.39 is 0 Å². The molecule has 0 aliphatic rings. The highest BCUT2D eigenvalue weighted by atomic mass is 16.2. The van der Waals surface area contributed by atoms with Gasteiger partial charge in [0.05, 0.1) is 0 Å². The number of urea groups is 1. The van der Waals surface area contributed by atoms with Crippen molar-refractivity contribution in [1.29, 1.82) is 0 Å². The van der Waals surface area contributed by atoms with Gasteiger partial charge in [-0.25, -0.2) is 4.79 Å². The minimum absolute atomic E-state index is 0.325. The Morgan fingerprint density at radius 3 is 1.92 bits per heavy atom. The second kappa shape index (κ2) is 4.64. The van der Waals surface area contributed by atoms with Crippen molar-refractivity contribution in [2.45, 2.75) is 20.8 Å². The first kappa shape index (κ1) is 11.7. The molecule has 0 unspecified atom stereocenters. The fourth-order valence-corrected chi connectivity index (χ4v) is 0.761. The average molecular weight is 184 g/mol. The molecule has 0 saturated heterocycles. The minimum atomic E-state index is -0.325. The molecule has 0 rings (SSSR count). The molecule has 4 nitrogen and oxygen atoms in total. The number of nitrogens with zero attached hydrogens (tertiary/aromatic N) is 2. The van der Waals surface area contributed by atoms with Gasteiger partial charge in [-0.3, -0.25) is 9.69 Å². The summed E-state index contributed by atoms with van der Waals surface area (Å²) in [5, 5.41) is 0. The number of amides is 3. The summed E-state index contributed by atoms with van der Waals surface area (Å²) in [6.45, 7) is 5.67. The summed E-state index contributed by atoms with van der Waals surface area (Å²) in [6.07, 6.45) is 0.497. The van der Waals surface area contributed by atoms with Crippen LogP contribution in [0.15, 0.2) is 11.3 Å². The highest BCUT2D eigenvalue weighted by molar-refractivity contribution is 5.85. The maximum Gasteiger partial charge on any atom is 0.330 e. The quantitative estimate of drug-likeness (QED) is 0.609. The van der Waals surface area contributed by atoms with Gasteiger partial charge in [0.25, 0.3) is 0 Å². The molecule has 0 aromatic carbocycles. The first-order valence-corrected chi connectivity index (χ1v) is 4.01. The lowest BCUT2D eigenvalue weighted by Crippen LogP contribution is -2.37. The number of carbonyl (C=O) groups is 2. The van der Waals surface area contributed by atoms with Gasteiger partial charge in [0.15, 0.2) is 0 Å². The van der Waals surface area contributed by atoms with Crippen LogP contribution in [0.25, 0.3) is 0 Å². The molecule has 0 heterocycles. The van der Waals surface area contributed by atoms with Crippen molar-refractivity contribution in [3.8, 4) is 0 Å². The van der Waals surface area contributed by atoms with Crippen molar-refractivity contribution in [1.82, 2.24) is 9.80 Å². The molecule has 0 bridgehead atoms. The lowest BCUT2D eigenvalue weighted by molar-refractivity contribution is -0.115. The Balaban J connectivity index is 4.62. The normalized spacial score (nSPS) is 9.00. The van der Waals surface area contributed by atoms with Crippen LogP contribution < -0.4 is 0 Å². The molecule has 0 N–H and O–H groups in total. The van der Waals surface area contributed by atoms with Crippen LogP contribution in [0.3, 0.4) is 0 Å². The van der Waals surface area contributed by atoms with E-state index in [-0.39, 0.29) is 6.03 Å². The molecule has 3 amide bonds. The molecule has 0 aromatic rings. The van der Waals surface area contributed by atoms with E-state index in [4.69, 9.17) is 0 Å². The molecule has 0 fully saturated rings. The van der Waals surface area contributed by atoms with Crippen molar-refractivity contribution in [3.05, 3.63) is 11.3 Å². The maximum atomic E-state index is 11.4. The summed E-state index contributed by atoms with van der Waals surface area (Å²) < 4.78 is 0. The van der Waals surface area contributed by atoms with E-state index in [1.54, 1.807) is 7.05 Å². The first-order chi connectivity index (χ1) is 5.91. The molecule has 13 heavy (non-hydrogen) atoms. The Hall–Kier alpha value is -1.32. The number of hydrogen-bond acceptors (Lipinski definition) is 2. The second-order valence-electron chi connectivity index (χ2n) is 3.14. The SMILES string of the molecule is CC(C)=C(C)N(C)C(=O)N(C)C=O. The van der Waals surface area contributed by atoms with Crippen molar-refractivity contribution in [3.63, 3.8) is 0 Å². The van der Waals surface area contributed by atoms with Crippen LogP contribution >= 0.6 is 0 Å². The van der Waals surface area contributed by atoms with E-state index >= 15 is 0 Å². The smallest absolute Gasteiger partial charge is 0.301 e. The van der Waals surface area contributed by atoms with Gasteiger partial charge in [-0.1, -0.05) is 5.57 Å². The Labute approximate surface area is 78.8 Å². The highest BCUT2D eigenvalue weighted by Crippen LogP contribution is 2.08. The first-order valence-electron chi connectivity index (χ1n) is 4.01. The third-order valence-corrected chi connectivity index (χ3v) is 1.97. The summed E-state index contributed by atoms with van der Waals surface area (Å²) in [5.74, 6) is 0. The zero-order valence-electron chi connectivity index (χ0n) is 8.79. The maximum absolute atomic E-state index is 11.4. The highest BCUT2D eigenvalue weighted by Gasteiger charge is 2.14. The average Bonchev–Trinajstić information content (AvgIpc) is 2.12. The van der Waals surface area contributed by atoms with Gasteiger partial charge in [-0.05, 0) is 20.8 Å². The van der Waals surface area contributed by atoms with Crippen molar-refractivity contribution >= 4 is 12.4 Å². The molecular formula is C9H16N2O2. The van der Waals surface area contributed by atoms with E-state index in [2.05, 4.69) is 0 Å². The van der Waals surface area contributed by atoms with E-state index in [0.717, 1.165) is 16.2 Å². The molecule has 4 heteroatoms. The number of allylic oxidation sites excluding steroid dienone is 2. The van der Waals surface area contributed by atoms with Gasteiger partial charge in [0.1, 0.15) is 0 Å². The molecule has 0 atom stereocenters. The largest absolute Gasteiger partial charge is 0.330 e. The Morgan fingerprint density at radius 2 is 1.62 bits per heavy atom. The van der Waals surface area contributed by atoms with Crippen LogP contribution in [-0.2, 0) is 4.79 Å². The lowest BCUT2D eigenvalue weighted by Gasteiger charge is -2.22. The van der Waals surface area contributed by atoms with Crippen molar-refractivity contribution in [2.24, 2.45) is 0 Å². The van der Waals surface area contributed by atoms with Gasteiger partial charge in [-0.15, -0.1) is 0 Å². The molecule has 74 valence electrons. The summed E-state index contributed by atoms with van der Waals surface area (Å²) >= 11 is 0. The molecule has 0 aliphatic heterocycles. The molecule has 0 aliphatic carbocycles. The van der Waals surface area contributed by atoms with Crippen LogP contribution in [0.1, 0.15) is 20.8 Å². The van der Waals surface area contributed by atoms with Gasteiger partial charge >= 0.3 is 6.03 Å². The summed E-state index contributed by atoms with van der Waals surface area (Å²) in [5.41, 5.74) is 1.91. The van der Waals surface area contributed by atoms with Crippen LogP contribution in [0.2, 0.25) is 0 Å². The zero-order valence-corrected chi connectivity index (χ0v) is 8.79. The number of imide groups is 1. The second-order valence-corrected chi connectivity index (χ2v) is 3.14. The number of rotatable bonds is 2. The number of hydrogen-bond donors (Lipinski definition) is 0. The van der Waals surface area contributed by atoms with Gasteiger partial charge in [-0.2, -0.15) is 0 Å². The van der Waals surface area contributed by atoms with Gasteiger partial charge in [0.2, 0.25) is 6.41 Å². The predicted octanol–water partition coefficient (Wildman–Crippen LogP) is 1.44. The summed E-state index contributed by atoms with van der Waals surface area (Å²) in [7, 11) is 3.08. The molecular weight excluding hydrogens is 168 g/mol. The van der Waals surface area contributed by atoms with E-state index in [1.165, 1.54) is 11.9 Å². The van der Waals surface area contributed by atoms with E-state index in [0.29, 0.717) is 6.41 Å². The fourth-order valence-electron chi connectivity index (χ4n) is 0.761. The molecule has 0 saturated carbocycles. The van der Waals surface area contributed by atoms with Crippen molar-refractivity contribution < 1.29 is 9.59 Å². The zero-order chi connectivity index (χ0) is 10.6. The lowest BCUT2D eigenvalue weighted by atomic mass is 10.2. The van der Waals surface area contributed by atoms with Gasteiger partial charge in [0, 0.05) is 19.8 Å². The fraction of sp³-hybridized carbons (Fsp3) is 0.556. The van der Waals surface area contributed by atoms with Gasteiger partial charge < -0.3 is 4.90 Å². The van der Waals surface area contributed by atoms with Crippen molar-refractivity contribution in [2.75, 3.05) is 14.1 Å². The topological polar surface area (TPSA) is 40.6 Å². The van der Waals surface area contributed by atoms with Crippen LogP contribution in [0, 0.1) is 0 Å². The third-order valence-electron chi connectivity index (χ3n) is 1.97. The van der Waals surface area contributed by atoms with Crippen LogP contribution in [0.5, 0.6) is 0 Å². The Kier molecular flexibility index (Phi) is 4.17. The Bertz CT molecular complexity index is 242. The van der Waals surface area contributed by atoms with Crippen LogP contribution in [0.4, 0.5) is 4.79 Å². The predicted molar refractivity (Wildman–Crippen MR) is 51.0 cm³/mol. The van der Waals surface area contributed by atoms with E-state index in [9.17, 15) is 9.59 Å². The minimum Gasteiger partial charge on any atom is -0.301 e. The van der Waals surface area contributed by atoms with Crippen LogP contribution in [-0.4, -0.2) is 36.3 Å². The number of carbonyl (C=O) groups excluding carboxylic acids is 2. The Morgan fingerprint density at radius 1 is 1.15 bits per heavy atom. The summed E-state index contributed by atoms with van der Waals surface area (Å²) in [4.78, 5) is 24.2. The summed E-state index contributed by atoms with van der Waals surface area (Å²) in [6, 6.07) is -0.325. The standard InChI is InChI=1S/C9H16N2O2/c1-7(2)8(3)11(5)9(13)10(4)6-12/h6H,1-5H3.